The summed E-state index contributed by atoms with van der Waals surface area (Å²) in [6.45, 7) is 49.5. The zero-order valence-electron chi connectivity index (χ0n) is 49.8. The Bertz CT molecular complexity index is 2730. The zero-order valence-corrected chi connectivity index (χ0v) is 52.2. The van der Waals surface area contributed by atoms with E-state index in [0.29, 0.717) is 25.4 Å². The van der Waals surface area contributed by atoms with E-state index in [1.165, 1.54) is 27.8 Å². The van der Waals surface area contributed by atoms with Gasteiger partial charge in [0.05, 0.1) is 13.2 Å². The molecule has 0 bridgehead atoms. The molecule has 6 rings (SSSR count). The van der Waals surface area contributed by atoms with Crippen LogP contribution in [0.2, 0.25) is 0 Å². The van der Waals surface area contributed by atoms with Crippen LogP contribution >= 0.6 is 0 Å². The molecule has 1 aliphatic carbocycles. The van der Waals surface area contributed by atoms with E-state index in [1.54, 1.807) is 0 Å². The summed E-state index contributed by atoms with van der Waals surface area (Å²) in [7, 11) is 0. The largest absolute Gasteiger partial charge is 0.507 e. The van der Waals surface area contributed by atoms with Crippen molar-refractivity contribution in [3.63, 3.8) is 0 Å². The molecule has 0 saturated heterocycles. The molecule has 0 fully saturated rings. The second kappa shape index (κ2) is 23.7. The predicted molar refractivity (Wildman–Crippen MR) is 313 cm³/mol. The van der Waals surface area contributed by atoms with E-state index >= 15 is 0 Å². The van der Waals surface area contributed by atoms with E-state index < -0.39 is 0 Å². The molecule has 73 heavy (non-hydrogen) atoms. The fourth-order valence-corrected chi connectivity index (χ4v) is 9.23. The van der Waals surface area contributed by atoms with Gasteiger partial charge in [0.2, 0.25) is 0 Å². The van der Waals surface area contributed by atoms with Crippen molar-refractivity contribution in [2.24, 2.45) is 10.8 Å². The summed E-state index contributed by atoms with van der Waals surface area (Å²) in [6.07, 6.45) is 6.26. The molecule has 0 spiro atoms. The van der Waals surface area contributed by atoms with Crippen LogP contribution < -0.4 is 9.47 Å². The van der Waals surface area contributed by atoms with Crippen molar-refractivity contribution in [1.82, 2.24) is 0 Å². The Balaban J connectivity index is 0.00000347. The van der Waals surface area contributed by atoms with Crippen molar-refractivity contribution in [2.75, 3.05) is 13.2 Å². The van der Waals surface area contributed by atoms with Gasteiger partial charge in [0.1, 0.15) is 23.0 Å². The van der Waals surface area contributed by atoms with Gasteiger partial charge < -0.3 is 27.1 Å². The smallest absolute Gasteiger partial charge is 0.131 e. The Kier molecular flexibility index (Phi) is 20.4. The van der Waals surface area contributed by atoms with Crippen LogP contribution in [0.4, 0.5) is 0 Å². The second-order valence-electron chi connectivity index (χ2n) is 26.3. The summed E-state index contributed by atoms with van der Waals surface area (Å²) in [5, 5.41) is 24.8. The van der Waals surface area contributed by atoms with Crippen LogP contribution in [0.5, 0.6) is 23.0 Å². The summed E-state index contributed by atoms with van der Waals surface area (Å²) in [4.78, 5) is 0. The number of phenolic OH excluding ortho intramolecular Hbond substituents is 2. The van der Waals surface area contributed by atoms with E-state index in [-0.39, 0.29) is 77.8 Å². The molecule has 0 aromatic heterocycles. The summed E-state index contributed by atoms with van der Waals surface area (Å²) in [5.74, 6) is 2.06. The van der Waals surface area contributed by atoms with Crippen LogP contribution in [0, 0.1) is 32.1 Å². The number of hydrogen-bond acceptors (Lipinski definition) is 4. The van der Waals surface area contributed by atoms with E-state index in [2.05, 4.69) is 229 Å². The second-order valence-corrected chi connectivity index (χ2v) is 26.3. The average Bonchev–Trinajstić information content (AvgIpc) is 3.26. The molecule has 0 aliphatic heterocycles. The Morgan fingerprint density at radius 3 is 1.29 bits per heavy atom. The third-order valence-electron chi connectivity index (χ3n) is 14.0. The minimum atomic E-state index is -0.117. The summed E-state index contributed by atoms with van der Waals surface area (Å²) < 4.78 is 13.4. The third kappa shape index (κ3) is 15.4. The maximum Gasteiger partial charge on any atom is 0.131 e. The van der Waals surface area contributed by atoms with E-state index in [1.807, 2.05) is 13.8 Å². The topological polar surface area (TPSA) is 58.9 Å². The van der Waals surface area contributed by atoms with Gasteiger partial charge in [0.25, 0.3) is 0 Å². The molecule has 396 valence electrons. The Labute approximate surface area is 464 Å². The van der Waals surface area contributed by atoms with E-state index in [0.717, 1.165) is 73.6 Å². The van der Waals surface area contributed by atoms with Crippen molar-refractivity contribution < 1.29 is 45.9 Å². The number of hydrogen-bond donors (Lipinski definition) is 2. The zero-order chi connectivity index (χ0) is 53.4. The predicted octanol–water partition coefficient (Wildman–Crippen LogP) is 19.7. The van der Waals surface area contributed by atoms with Gasteiger partial charge in [-0.15, -0.1) is 0 Å². The number of allylic oxidation sites excluding steroid dienone is 4. The standard InChI is InChI=1S/C65H86O4.C2H6.CH3.Zr/c1-40-28-50(42-32-46(62(9,10)11)36-47(33-42)63(12,13)14)58(66)54(30-40)52-38-44(60(3,4)5)22-24-56(52)68-26-21-27-69-57-25-23-45(61(6,7)8)39-53(57)55-31-41(2)29-51(59(55)67)43-34-48(64(15,16)17)37-49(35-43)65(18,19)20;1-2;;/h22-25,28-34,36-39,43,66-67H,21,26-27,35H2,1-20H3;1-2H3;1H3;/q;;-1;. The average molecular weight is 1070 g/mol. The Morgan fingerprint density at radius 2 is 0.877 bits per heavy atom. The molecule has 4 nitrogen and oxygen atoms in total. The van der Waals surface area contributed by atoms with Crippen LogP contribution in [-0.2, 0) is 47.9 Å². The molecule has 5 aromatic carbocycles. The molecule has 1 atom stereocenters. The number of aromatic hydroxyl groups is 2. The normalized spacial score (nSPS) is 14.5. The molecule has 2 N–H and O–H groups in total. The molecule has 0 radical (unpaired) electrons. The molecule has 1 aliphatic rings. The fourth-order valence-electron chi connectivity index (χ4n) is 9.23. The molecule has 5 aromatic rings. The fraction of sp³-hybridized carbons (Fsp3) is 0.485. The molecule has 0 saturated carbocycles. The molecular weight excluding hydrogens is 972 g/mol. The number of rotatable bonds is 10. The van der Waals surface area contributed by atoms with Crippen LogP contribution in [0.15, 0.2) is 102 Å². The van der Waals surface area contributed by atoms with E-state index in [9.17, 15) is 10.2 Å². The van der Waals surface area contributed by atoms with Gasteiger partial charge in [-0.05, 0) is 140 Å². The minimum absolute atomic E-state index is 0. The van der Waals surface area contributed by atoms with Crippen molar-refractivity contribution in [1.29, 1.82) is 0 Å². The first kappa shape index (κ1) is 63.0. The first-order valence-corrected chi connectivity index (χ1v) is 26.5. The Hall–Kier alpha value is -4.34. The van der Waals surface area contributed by atoms with Crippen molar-refractivity contribution in [3.8, 4) is 56.4 Å². The maximum atomic E-state index is 12.4. The number of aryl methyl sites for hydroxylation is 2. The van der Waals surface area contributed by atoms with Gasteiger partial charge in [0, 0.05) is 71.9 Å². The quantitative estimate of drug-likeness (QED) is 0.108. The molecule has 0 heterocycles. The van der Waals surface area contributed by atoms with Crippen LogP contribution in [0.1, 0.15) is 196 Å². The molecule has 1 unspecified atom stereocenters. The summed E-state index contributed by atoms with van der Waals surface area (Å²) >= 11 is 0. The van der Waals surface area contributed by atoms with Gasteiger partial charge in [-0.1, -0.05) is 193 Å². The number of benzene rings is 5. The van der Waals surface area contributed by atoms with Gasteiger partial charge in [-0.3, -0.25) is 0 Å². The van der Waals surface area contributed by atoms with Crippen molar-refractivity contribution in [2.45, 2.75) is 193 Å². The summed E-state index contributed by atoms with van der Waals surface area (Å²) in [6, 6.07) is 28.1. The van der Waals surface area contributed by atoms with E-state index in [4.69, 9.17) is 9.47 Å². The van der Waals surface area contributed by atoms with Crippen LogP contribution in [0.25, 0.3) is 33.4 Å². The molecule has 0 amide bonds. The van der Waals surface area contributed by atoms with Crippen molar-refractivity contribution in [3.05, 3.63) is 149 Å². The minimum Gasteiger partial charge on any atom is -0.507 e. The first-order valence-electron chi connectivity index (χ1n) is 26.5. The number of ether oxygens (including phenoxy) is 2. The van der Waals surface area contributed by atoms with Crippen molar-refractivity contribution >= 4 is 0 Å². The van der Waals surface area contributed by atoms with Crippen LogP contribution in [0.3, 0.4) is 0 Å². The van der Waals surface area contributed by atoms with Gasteiger partial charge in [-0.25, -0.2) is 0 Å². The van der Waals surface area contributed by atoms with Gasteiger partial charge >= 0.3 is 0 Å². The van der Waals surface area contributed by atoms with Gasteiger partial charge in [0.15, 0.2) is 0 Å². The SMILES string of the molecule is CC.Cc1cc(-c2cc(C(C)(C)C)cc(C(C)(C)C)c2)c(O)c(-c2cc(C(C)(C)C)ccc2OCCCOc2ccc(C(C)(C)C)cc2-c2cc(C)cc(C3C=C(C(C)(C)C)C=C(C(C)(C)C)C3)c2O)c1.[CH3-].[Zr]. The van der Waals surface area contributed by atoms with Crippen LogP contribution in [-0.4, -0.2) is 23.4 Å². The van der Waals surface area contributed by atoms with Gasteiger partial charge in [-0.2, -0.15) is 0 Å². The summed E-state index contributed by atoms with van der Waals surface area (Å²) in [5.41, 5.74) is 15.4. The molecular formula is C68H95O4Zr-. The first-order chi connectivity index (χ1) is 32.6. The number of phenols is 2. The molecule has 5 heteroatoms. The third-order valence-corrected chi connectivity index (χ3v) is 14.0. The Morgan fingerprint density at radius 1 is 0.466 bits per heavy atom. The monoisotopic (exact) mass is 1070 g/mol. The maximum absolute atomic E-state index is 12.4.